The Morgan fingerprint density at radius 2 is 2.19 bits per heavy atom. The van der Waals surface area contributed by atoms with Gasteiger partial charge < -0.3 is 15.3 Å². The lowest BCUT2D eigenvalue weighted by atomic mass is 10.2. The predicted molar refractivity (Wildman–Crippen MR) is 62.7 cm³/mol. The highest BCUT2D eigenvalue weighted by Crippen LogP contribution is 2.02. The Morgan fingerprint density at radius 3 is 2.81 bits per heavy atom. The van der Waals surface area contributed by atoms with Gasteiger partial charge in [0.1, 0.15) is 5.82 Å². The molecule has 1 atom stereocenters. The molecule has 1 aromatic rings. The number of likely N-dealkylation sites (N-methyl/N-ethyl adjacent to an activating group) is 1. The van der Waals surface area contributed by atoms with Gasteiger partial charge in [0.05, 0.1) is 6.10 Å². The number of hydrogen-bond acceptors (Lipinski definition) is 3. The Morgan fingerprint density at radius 1 is 1.44 bits per heavy atom. The van der Waals surface area contributed by atoms with E-state index in [1.165, 1.54) is 12.1 Å². The van der Waals surface area contributed by atoms with E-state index in [0.29, 0.717) is 19.6 Å². The summed E-state index contributed by atoms with van der Waals surface area (Å²) in [5, 5.41) is 12.7. The molecule has 0 fully saturated rings. The van der Waals surface area contributed by atoms with Gasteiger partial charge in [0.25, 0.3) is 0 Å². The first-order chi connectivity index (χ1) is 7.58. The summed E-state index contributed by atoms with van der Waals surface area (Å²) < 4.78 is 12.8. The number of hydrogen-bond donors (Lipinski definition) is 2. The minimum absolute atomic E-state index is 0.229. The van der Waals surface area contributed by atoms with Crippen LogP contribution < -0.4 is 5.32 Å². The monoisotopic (exact) mass is 226 g/mol. The summed E-state index contributed by atoms with van der Waals surface area (Å²) in [6.45, 7) is 1.70. The van der Waals surface area contributed by atoms with E-state index in [1.54, 1.807) is 6.07 Å². The number of aliphatic hydroxyl groups excluding tert-OH is 1. The fourth-order valence-electron chi connectivity index (χ4n) is 1.52. The zero-order chi connectivity index (χ0) is 12.0. The van der Waals surface area contributed by atoms with Crippen molar-refractivity contribution in [1.29, 1.82) is 0 Å². The molecule has 0 saturated carbocycles. The molecule has 0 amide bonds. The van der Waals surface area contributed by atoms with Crippen LogP contribution in [0, 0.1) is 5.82 Å². The van der Waals surface area contributed by atoms with E-state index < -0.39 is 6.10 Å². The number of nitrogens with one attached hydrogen (secondary N) is 1. The second kappa shape index (κ2) is 6.58. The highest BCUT2D eigenvalue weighted by molar-refractivity contribution is 5.15. The Hall–Kier alpha value is -0.970. The van der Waals surface area contributed by atoms with Crippen molar-refractivity contribution in [3.63, 3.8) is 0 Å². The van der Waals surface area contributed by atoms with Gasteiger partial charge in [-0.2, -0.15) is 0 Å². The Kier molecular flexibility index (Phi) is 5.38. The van der Waals surface area contributed by atoms with Crippen LogP contribution >= 0.6 is 0 Å². The van der Waals surface area contributed by atoms with Crippen LogP contribution in [0.4, 0.5) is 4.39 Å². The Labute approximate surface area is 95.9 Å². The quantitative estimate of drug-likeness (QED) is 0.754. The van der Waals surface area contributed by atoms with E-state index in [4.69, 9.17) is 0 Å². The minimum atomic E-state index is -0.399. The third-order valence-electron chi connectivity index (χ3n) is 2.17. The van der Waals surface area contributed by atoms with Crippen LogP contribution in [0.15, 0.2) is 24.3 Å². The van der Waals surface area contributed by atoms with Crippen LogP contribution in [0.3, 0.4) is 0 Å². The summed E-state index contributed by atoms with van der Waals surface area (Å²) in [7, 11) is 3.82. The fraction of sp³-hybridized carbons (Fsp3) is 0.500. The van der Waals surface area contributed by atoms with Crippen LogP contribution in [0.25, 0.3) is 0 Å². The molecule has 0 saturated heterocycles. The summed E-state index contributed by atoms with van der Waals surface area (Å²) in [4.78, 5) is 1.93. The molecule has 1 aromatic carbocycles. The second-order valence-corrected chi connectivity index (χ2v) is 4.18. The molecule has 0 radical (unpaired) electrons. The van der Waals surface area contributed by atoms with E-state index in [1.807, 2.05) is 25.1 Å². The van der Waals surface area contributed by atoms with Crippen molar-refractivity contribution in [1.82, 2.24) is 10.2 Å². The third-order valence-corrected chi connectivity index (χ3v) is 2.17. The van der Waals surface area contributed by atoms with E-state index in [0.717, 1.165) is 5.56 Å². The van der Waals surface area contributed by atoms with Gasteiger partial charge in [-0.1, -0.05) is 12.1 Å². The molecule has 0 spiro atoms. The topological polar surface area (TPSA) is 35.5 Å². The van der Waals surface area contributed by atoms with Gasteiger partial charge in [-0.05, 0) is 31.8 Å². The first-order valence-corrected chi connectivity index (χ1v) is 5.36. The van der Waals surface area contributed by atoms with Crippen LogP contribution in [-0.4, -0.2) is 43.3 Å². The molecule has 90 valence electrons. The van der Waals surface area contributed by atoms with E-state index >= 15 is 0 Å². The molecule has 1 unspecified atom stereocenters. The lowest BCUT2D eigenvalue weighted by Gasteiger charge is -2.16. The molecule has 0 heterocycles. The summed E-state index contributed by atoms with van der Waals surface area (Å²) in [6.07, 6.45) is -0.399. The number of halogens is 1. The van der Waals surface area contributed by atoms with E-state index in [-0.39, 0.29) is 5.82 Å². The van der Waals surface area contributed by atoms with Gasteiger partial charge in [0.15, 0.2) is 0 Å². The number of benzene rings is 1. The minimum Gasteiger partial charge on any atom is -0.390 e. The summed E-state index contributed by atoms with van der Waals surface area (Å²) >= 11 is 0. The molecule has 0 aromatic heterocycles. The number of aliphatic hydroxyl groups is 1. The highest BCUT2D eigenvalue weighted by Gasteiger charge is 2.04. The molecule has 0 aliphatic carbocycles. The largest absolute Gasteiger partial charge is 0.390 e. The summed E-state index contributed by atoms with van der Waals surface area (Å²) in [6, 6.07) is 6.45. The number of nitrogens with zero attached hydrogens (tertiary/aromatic N) is 1. The molecule has 1 rings (SSSR count). The van der Waals surface area contributed by atoms with E-state index in [2.05, 4.69) is 5.32 Å². The van der Waals surface area contributed by atoms with Crippen LogP contribution in [0.1, 0.15) is 5.56 Å². The first kappa shape index (κ1) is 13.1. The molecule has 3 nitrogen and oxygen atoms in total. The second-order valence-electron chi connectivity index (χ2n) is 4.18. The molecule has 4 heteroatoms. The summed E-state index contributed by atoms with van der Waals surface area (Å²) in [5.74, 6) is -0.229. The molecule has 0 bridgehead atoms. The SMILES string of the molecule is CN(C)CC(O)CNCc1cccc(F)c1. The van der Waals surface area contributed by atoms with Crippen molar-refractivity contribution < 1.29 is 9.50 Å². The lowest BCUT2D eigenvalue weighted by Crippen LogP contribution is -2.34. The van der Waals surface area contributed by atoms with Gasteiger partial charge in [-0.3, -0.25) is 0 Å². The maximum Gasteiger partial charge on any atom is 0.123 e. The maximum atomic E-state index is 12.8. The van der Waals surface area contributed by atoms with Gasteiger partial charge >= 0.3 is 0 Å². The lowest BCUT2D eigenvalue weighted by molar-refractivity contribution is 0.134. The molecule has 2 N–H and O–H groups in total. The van der Waals surface area contributed by atoms with Gasteiger partial charge in [-0.15, -0.1) is 0 Å². The van der Waals surface area contributed by atoms with E-state index in [9.17, 15) is 9.50 Å². The molecular weight excluding hydrogens is 207 g/mol. The average molecular weight is 226 g/mol. The van der Waals surface area contributed by atoms with Crippen molar-refractivity contribution in [3.8, 4) is 0 Å². The highest BCUT2D eigenvalue weighted by atomic mass is 19.1. The van der Waals surface area contributed by atoms with Gasteiger partial charge in [-0.25, -0.2) is 4.39 Å². The summed E-state index contributed by atoms with van der Waals surface area (Å²) in [5.41, 5.74) is 0.886. The zero-order valence-electron chi connectivity index (χ0n) is 9.78. The molecule has 16 heavy (non-hydrogen) atoms. The van der Waals surface area contributed by atoms with Crippen molar-refractivity contribution in [2.75, 3.05) is 27.2 Å². The molecular formula is C12H19FN2O. The van der Waals surface area contributed by atoms with Gasteiger partial charge in [0.2, 0.25) is 0 Å². The van der Waals surface area contributed by atoms with Gasteiger partial charge in [0, 0.05) is 19.6 Å². The van der Waals surface area contributed by atoms with Crippen LogP contribution in [0.5, 0.6) is 0 Å². The average Bonchev–Trinajstić information content (AvgIpc) is 2.16. The van der Waals surface area contributed by atoms with Crippen molar-refractivity contribution >= 4 is 0 Å². The molecule has 0 aliphatic heterocycles. The first-order valence-electron chi connectivity index (χ1n) is 5.36. The molecule has 0 aliphatic rings. The maximum absolute atomic E-state index is 12.8. The Bertz CT molecular complexity index is 318. The van der Waals surface area contributed by atoms with Crippen molar-refractivity contribution in [3.05, 3.63) is 35.6 Å². The predicted octanol–water partition coefficient (Wildman–Crippen LogP) is 0.838. The standard InChI is InChI=1S/C12H19FN2O/c1-15(2)9-12(16)8-14-7-10-4-3-5-11(13)6-10/h3-6,12,14,16H,7-9H2,1-2H3. The van der Waals surface area contributed by atoms with Crippen molar-refractivity contribution in [2.24, 2.45) is 0 Å². The Balaban J connectivity index is 2.25. The third kappa shape index (κ3) is 5.21. The van der Waals surface area contributed by atoms with Crippen LogP contribution in [-0.2, 0) is 6.54 Å². The smallest absolute Gasteiger partial charge is 0.123 e. The van der Waals surface area contributed by atoms with Crippen LogP contribution in [0.2, 0.25) is 0 Å². The normalized spacial score (nSPS) is 13.1. The zero-order valence-corrected chi connectivity index (χ0v) is 9.78. The number of rotatable bonds is 6. The fourth-order valence-corrected chi connectivity index (χ4v) is 1.52. The van der Waals surface area contributed by atoms with Crippen molar-refractivity contribution in [2.45, 2.75) is 12.6 Å².